The molecule has 0 N–H and O–H groups in total. The van der Waals surface area contributed by atoms with Gasteiger partial charge in [-0.15, -0.1) is 0 Å². The Balaban J connectivity index is 0.000000749. The lowest BCUT2D eigenvalue weighted by molar-refractivity contribution is 0.556. The number of hydrogen-bond donors (Lipinski definition) is 0. The molecule has 0 bridgehead atoms. The van der Waals surface area contributed by atoms with Crippen molar-refractivity contribution in [1.29, 1.82) is 0 Å². The zero-order valence-electron chi connectivity index (χ0n) is 85.7. The van der Waals surface area contributed by atoms with Crippen molar-refractivity contribution in [2.45, 2.75) is 394 Å². The van der Waals surface area contributed by atoms with Crippen LogP contribution in [0.15, 0.2) is 262 Å². The first-order chi connectivity index (χ1) is 63.6. The maximum atomic E-state index is 11.5. The first-order valence-electron chi connectivity index (χ1n) is 51.0. The first kappa shape index (κ1) is 120. The van der Waals surface area contributed by atoms with Gasteiger partial charge in [0, 0.05) is 0 Å². The standard InChI is InChI=1S/C20H32O.C18H28O.C16H24O.C14H20O.C13H18O.C12H16O.C11H14O.C10H12O.C9H10O/c1-3-4-5-6-7-8-9-10-11-12-13-19-15-14-18(2)20(21)17-16-19;1-3-4-5-6-7-8-9-10-11-17-13-12-16(2)18(19)15-14-17;1-3-4-5-6-7-8-9-15-11-10-14(2)16(17)13-12-15;1-3-4-5-6-7-13-9-8-12(2)14(15)11-10-13;1-3-4-5-6-12-8-7-11(2)13(14)10-9-12;1-3-4-5-11-7-6-10(2)12(13)9-8-11;1-3-4-10-6-5-9(2)11(12)8-7-10;1-3-9-5-4-8(2)10(11)7-6-9;1-7-3-5-8(2)9(10)6-4-7/h14-17H,3-13H2,1-2H3;12-15H,3-11H2,1-2H3;10-13H,3-9H2,1-2H3;8-11H,3-7H2,1-2H3;7-10H,3-6H2,1-2H3;6-9H,3-5H2,1-2H3;5-8H,3-4H2,1-2H3;4-7H,3H2,1-2H3;3-6H,1-2H3. The van der Waals surface area contributed by atoms with E-state index in [2.05, 4.69) is 85.7 Å². The molecule has 9 rings (SSSR count). The minimum atomic E-state index is 0.105. The summed E-state index contributed by atoms with van der Waals surface area (Å²) >= 11 is 0. The van der Waals surface area contributed by atoms with E-state index in [-0.39, 0.29) is 48.9 Å². The van der Waals surface area contributed by atoms with Crippen LogP contribution in [0.2, 0.25) is 0 Å². The third-order valence-electron chi connectivity index (χ3n) is 23.7. The Kier molecular flexibility index (Phi) is 71.4. The minimum Gasteiger partial charge on any atom is -0.290 e. The van der Waals surface area contributed by atoms with Crippen LogP contribution in [0.1, 0.15) is 374 Å². The van der Waals surface area contributed by atoms with Crippen molar-refractivity contribution in [3.63, 3.8) is 0 Å². The summed E-state index contributed by atoms with van der Waals surface area (Å²) < 4.78 is 0. The van der Waals surface area contributed by atoms with Gasteiger partial charge in [0.05, 0.1) is 0 Å². The molecule has 9 nitrogen and oxygen atoms in total. The fourth-order valence-electron chi connectivity index (χ4n) is 14.0. The number of hydrogen-bond acceptors (Lipinski definition) is 9. The molecule has 132 heavy (non-hydrogen) atoms. The van der Waals surface area contributed by atoms with E-state index in [4.69, 9.17) is 0 Å². The van der Waals surface area contributed by atoms with Crippen LogP contribution < -0.4 is 48.9 Å². The lowest BCUT2D eigenvalue weighted by atomic mass is 10.0. The second-order valence-electron chi connectivity index (χ2n) is 35.9. The maximum Gasteiger partial charge on any atom is 0.181 e. The van der Waals surface area contributed by atoms with Crippen LogP contribution in [0.3, 0.4) is 0 Å². The summed E-state index contributed by atoms with van der Waals surface area (Å²) in [6.07, 6.45) is 53.3. The Labute approximate surface area is 799 Å². The molecule has 0 atom stereocenters. The summed E-state index contributed by atoms with van der Waals surface area (Å²) in [6, 6.07) is 68.1. The third-order valence-corrected chi connectivity index (χ3v) is 23.7. The lowest BCUT2D eigenvalue weighted by Gasteiger charge is -2.02. The molecule has 0 amide bonds. The zero-order chi connectivity index (χ0) is 97.7. The van der Waals surface area contributed by atoms with Gasteiger partial charge in [-0.05, 0) is 308 Å². The number of aryl methyl sites for hydroxylation is 18. The van der Waals surface area contributed by atoms with Crippen molar-refractivity contribution in [3.8, 4) is 0 Å². The SMILES string of the molecule is CCCCCCCCCCCCc1ccc(C)c(=O)cc1.CCCCCCCCCCc1ccc(C)c(=O)cc1.CCCCCCCCc1ccc(C)c(=O)cc1.CCCCCCc1ccc(C)c(=O)cc1.CCCCCc1ccc(C)c(=O)cc1.CCCCc1ccc(C)c(=O)cc1.CCCc1ccc(C)c(=O)cc1.CCc1ccc(C)c(=O)cc1.Cc1ccc(C)c(=O)cc1. The van der Waals surface area contributed by atoms with Crippen molar-refractivity contribution < 1.29 is 0 Å². The van der Waals surface area contributed by atoms with Gasteiger partial charge in [-0.25, -0.2) is 0 Å². The molecule has 0 fully saturated rings. The lowest BCUT2D eigenvalue weighted by Crippen LogP contribution is -1.96. The van der Waals surface area contributed by atoms with Gasteiger partial charge in [-0.1, -0.05) is 405 Å². The predicted molar refractivity (Wildman–Crippen MR) is 574 cm³/mol. The van der Waals surface area contributed by atoms with Crippen molar-refractivity contribution in [3.05, 3.63) is 411 Å². The smallest absolute Gasteiger partial charge is 0.181 e. The van der Waals surface area contributed by atoms with Crippen molar-refractivity contribution >= 4 is 0 Å². The Morgan fingerprint density at radius 3 is 0.477 bits per heavy atom. The topological polar surface area (TPSA) is 154 Å². The normalized spacial score (nSPS) is 10.2. The summed E-state index contributed by atoms with van der Waals surface area (Å²) in [5, 5.41) is 0. The molecule has 0 radical (unpaired) electrons. The average molecular weight is 1800 g/mol. The molecule has 0 aromatic heterocycles. The van der Waals surface area contributed by atoms with Gasteiger partial charge in [0.15, 0.2) is 48.9 Å². The van der Waals surface area contributed by atoms with E-state index in [1.165, 1.54) is 256 Å². The monoisotopic (exact) mass is 1800 g/mol. The first-order valence-corrected chi connectivity index (χ1v) is 51.0. The minimum absolute atomic E-state index is 0.105. The van der Waals surface area contributed by atoms with Gasteiger partial charge in [0.1, 0.15) is 0 Å². The van der Waals surface area contributed by atoms with E-state index in [1.807, 2.05) is 203 Å². The average Bonchev–Trinajstić information content (AvgIpc) is 1.98. The highest BCUT2D eigenvalue weighted by Crippen LogP contribution is 2.17. The number of rotatable bonds is 42. The highest BCUT2D eigenvalue weighted by atomic mass is 16.1. The van der Waals surface area contributed by atoms with Crippen LogP contribution >= 0.6 is 0 Å². The van der Waals surface area contributed by atoms with E-state index >= 15 is 0 Å². The molecular formula is C123H174O9. The van der Waals surface area contributed by atoms with Gasteiger partial charge < -0.3 is 0 Å². The summed E-state index contributed by atoms with van der Waals surface area (Å²) in [5.41, 5.74) is 19.8. The maximum absolute atomic E-state index is 11.5. The van der Waals surface area contributed by atoms with Gasteiger partial charge in [0.25, 0.3) is 0 Å². The molecule has 0 unspecified atom stereocenters. The van der Waals surface area contributed by atoms with Crippen LogP contribution in [0.25, 0.3) is 0 Å². The molecule has 0 spiro atoms. The molecule has 0 aliphatic rings. The molecule has 0 aliphatic carbocycles. The second-order valence-corrected chi connectivity index (χ2v) is 35.9. The van der Waals surface area contributed by atoms with E-state index in [0.29, 0.717) is 0 Å². The molecule has 720 valence electrons. The second kappa shape index (κ2) is 78.5. The van der Waals surface area contributed by atoms with E-state index in [9.17, 15) is 43.2 Å². The fourth-order valence-corrected chi connectivity index (χ4v) is 14.0. The van der Waals surface area contributed by atoms with Crippen molar-refractivity contribution in [1.82, 2.24) is 0 Å². The molecule has 0 aliphatic heterocycles. The Hall–Kier alpha value is -9.99. The third kappa shape index (κ3) is 61.7. The summed E-state index contributed by atoms with van der Waals surface area (Å²) in [7, 11) is 0. The van der Waals surface area contributed by atoms with Crippen LogP contribution in [0, 0.1) is 69.2 Å². The largest absolute Gasteiger partial charge is 0.290 e. The van der Waals surface area contributed by atoms with Crippen molar-refractivity contribution in [2.24, 2.45) is 0 Å². The summed E-state index contributed by atoms with van der Waals surface area (Å²) in [4.78, 5) is 102. The molecule has 9 aromatic carbocycles. The summed E-state index contributed by atoms with van der Waals surface area (Å²) in [5.74, 6) is 0. The van der Waals surface area contributed by atoms with Gasteiger partial charge in [0.2, 0.25) is 0 Å². The van der Waals surface area contributed by atoms with Crippen LogP contribution in [-0.2, 0) is 51.4 Å². The molecule has 0 saturated carbocycles. The Bertz CT molecular complexity index is 5210. The molecule has 0 saturated heterocycles. The van der Waals surface area contributed by atoms with E-state index in [0.717, 1.165) is 113 Å². The predicted octanol–water partition coefficient (Wildman–Crippen LogP) is 30.3. The van der Waals surface area contributed by atoms with Crippen molar-refractivity contribution in [2.75, 3.05) is 0 Å². The molecule has 9 heteroatoms. The molecule has 9 aromatic rings. The quantitative estimate of drug-likeness (QED) is 0.0340. The summed E-state index contributed by atoms with van der Waals surface area (Å²) in [6.45, 7) is 36.3. The van der Waals surface area contributed by atoms with Crippen LogP contribution in [-0.4, -0.2) is 0 Å². The van der Waals surface area contributed by atoms with E-state index < -0.39 is 0 Å². The Morgan fingerprint density at radius 2 is 0.265 bits per heavy atom. The van der Waals surface area contributed by atoms with Gasteiger partial charge in [-0.3, -0.25) is 43.2 Å². The van der Waals surface area contributed by atoms with Crippen LogP contribution in [0.4, 0.5) is 0 Å². The molecular weight excluding hydrogens is 1620 g/mol. The van der Waals surface area contributed by atoms with Gasteiger partial charge in [-0.2, -0.15) is 0 Å². The number of unbranched alkanes of at least 4 members (excludes halogenated alkanes) is 27. The fraction of sp³-hybridized carbons (Fsp3) is 0.488. The highest BCUT2D eigenvalue weighted by Gasteiger charge is 2.04. The van der Waals surface area contributed by atoms with Gasteiger partial charge >= 0.3 is 0 Å². The Morgan fingerprint density at radius 1 is 0.129 bits per heavy atom. The zero-order valence-corrected chi connectivity index (χ0v) is 85.7. The van der Waals surface area contributed by atoms with E-state index in [1.54, 1.807) is 54.6 Å². The highest BCUT2D eigenvalue weighted by molar-refractivity contribution is 5.27. The van der Waals surface area contributed by atoms with Crippen LogP contribution in [0.5, 0.6) is 0 Å². The molecule has 0 heterocycles.